The fraction of sp³-hybridized carbons (Fsp3) is 0.296. The Morgan fingerprint density at radius 2 is 1.73 bits per heavy atom. The van der Waals surface area contributed by atoms with Gasteiger partial charge in [-0.05, 0) is 72.2 Å². The van der Waals surface area contributed by atoms with E-state index in [1.165, 1.54) is 16.7 Å². The average molecular weight is 444 g/mol. The maximum atomic E-state index is 12.8. The second kappa shape index (κ2) is 9.86. The standard InChI is InChI=1S/C27H29N3O3/c1-17(2)18-4-6-20(7-5-18)26(31)30-22-10-8-19-9-11-23(15-21(19)14-22)33-24-12-13-29-25(16-24)27(32)28-3/h4-7,9,11-13,15-17,22H,8,10,14H2,1-3H3,(H,28,32)(H,30,31). The highest BCUT2D eigenvalue weighted by Gasteiger charge is 2.21. The number of hydrogen-bond donors (Lipinski definition) is 2. The van der Waals surface area contributed by atoms with E-state index in [2.05, 4.69) is 35.5 Å². The van der Waals surface area contributed by atoms with Crippen LogP contribution in [-0.2, 0) is 12.8 Å². The van der Waals surface area contributed by atoms with Gasteiger partial charge < -0.3 is 15.4 Å². The van der Waals surface area contributed by atoms with Gasteiger partial charge in [-0.25, -0.2) is 0 Å². The summed E-state index contributed by atoms with van der Waals surface area (Å²) in [5.41, 5.74) is 4.65. The Bertz CT molecular complexity index is 1160. The van der Waals surface area contributed by atoms with E-state index in [1.807, 2.05) is 36.4 Å². The molecule has 0 radical (unpaired) electrons. The van der Waals surface area contributed by atoms with Gasteiger partial charge in [0.15, 0.2) is 0 Å². The number of nitrogens with one attached hydrogen (secondary N) is 2. The number of rotatable bonds is 6. The Morgan fingerprint density at radius 3 is 2.45 bits per heavy atom. The van der Waals surface area contributed by atoms with Crippen molar-refractivity contribution in [1.82, 2.24) is 15.6 Å². The van der Waals surface area contributed by atoms with Crippen molar-refractivity contribution in [3.63, 3.8) is 0 Å². The molecule has 3 aromatic rings. The van der Waals surface area contributed by atoms with E-state index in [0.29, 0.717) is 28.7 Å². The summed E-state index contributed by atoms with van der Waals surface area (Å²) in [6.07, 6.45) is 4.12. The molecule has 1 heterocycles. The average Bonchev–Trinajstić information content (AvgIpc) is 2.83. The third-order valence-electron chi connectivity index (χ3n) is 6.01. The van der Waals surface area contributed by atoms with Crippen LogP contribution in [0, 0.1) is 0 Å². The first-order valence-electron chi connectivity index (χ1n) is 11.3. The second-order valence-electron chi connectivity index (χ2n) is 8.68. The van der Waals surface area contributed by atoms with Crippen molar-refractivity contribution in [1.29, 1.82) is 0 Å². The first-order chi connectivity index (χ1) is 15.9. The molecule has 1 unspecified atom stereocenters. The van der Waals surface area contributed by atoms with Gasteiger partial charge >= 0.3 is 0 Å². The van der Waals surface area contributed by atoms with E-state index in [0.717, 1.165) is 19.3 Å². The monoisotopic (exact) mass is 443 g/mol. The predicted octanol–water partition coefficient (Wildman–Crippen LogP) is 4.64. The topological polar surface area (TPSA) is 80.3 Å². The molecule has 0 spiro atoms. The van der Waals surface area contributed by atoms with Crippen molar-refractivity contribution in [3.8, 4) is 11.5 Å². The number of carbonyl (C=O) groups excluding carboxylic acids is 2. The molecule has 170 valence electrons. The van der Waals surface area contributed by atoms with Crippen molar-refractivity contribution < 1.29 is 14.3 Å². The minimum atomic E-state index is -0.261. The fourth-order valence-electron chi connectivity index (χ4n) is 4.07. The van der Waals surface area contributed by atoms with Gasteiger partial charge in [0.05, 0.1) is 0 Å². The molecule has 1 aromatic heterocycles. The van der Waals surface area contributed by atoms with Crippen LogP contribution in [0.5, 0.6) is 11.5 Å². The van der Waals surface area contributed by atoms with Crippen molar-refractivity contribution in [2.75, 3.05) is 7.05 Å². The Labute approximate surface area is 194 Å². The number of aromatic nitrogens is 1. The lowest BCUT2D eigenvalue weighted by Gasteiger charge is -2.26. The van der Waals surface area contributed by atoms with Gasteiger partial charge in [0.25, 0.3) is 11.8 Å². The Balaban J connectivity index is 1.43. The van der Waals surface area contributed by atoms with Crippen molar-refractivity contribution in [2.24, 2.45) is 0 Å². The SMILES string of the molecule is CNC(=O)c1cc(Oc2ccc3c(c2)CC(NC(=O)c2ccc(C(C)C)cc2)CC3)ccn1. The zero-order valence-electron chi connectivity index (χ0n) is 19.2. The Kier molecular flexibility index (Phi) is 6.73. The van der Waals surface area contributed by atoms with Crippen LogP contribution in [-0.4, -0.2) is 29.9 Å². The molecule has 6 heteroatoms. The summed E-state index contributed by atoms with van der Waals surface area (Å²) in [4.78, 5) is 28.6. The van der Waals surface area contributed by atoms with Gasteiger partial charge in [0, 0.05) is 30.9 Å². The van der Waals surface area contributed by atoms with Gasteiger partial charge in [-0.2, -0.15) is 0 Å². The zero-order chi connectivity index (χ0) is 23.4. The van der Waals surface area contributed by atoms with Crippen LogP contribution >= 0.6 is 0 Å². The molecule has 0 saturated heterocycles. The molecule has 1 atom stereocenters. The van der Waals surface area contributed by atoms with Gasteiger partial charge in [-0.3, -0.25) is 14.6 Å². The molecule has 1 aliphatic rings. The summed E-state index contributed by atoms with van der Waals surface area (Å²) in [5.74, 6) is 1.39. The van der Waals surface area contributed by atoms with Crippen LogP contribution in [0.4, 0.5) is 0 Å². The first kappa shape index (κ1) is 22.5. The fourth-order valence-corrected chi connectivity index (χ4v) is 4.07. The smallest absolute Gasteiger partial charge is 0.269 e. The van der Waals surface area contributed by atoms with Gasteiger partial charge in [-0.15, -0.1) is 0 Å². The van der Waals surface area contributed by atoms with E-state index in [-0.39, 0.29) is 17.9 Å². The molecule has 0 aliphatic heterocycles. The van der Waals surface area contributed by atoms with Crippen molar-refractivity contribution >= 4 is 11.8 Å². The van der Waals surface area contributed by atoms with Gasteiger partial charge in [-0.1, -0.05) is 32.0 Å². The molecule has 33 heavy (non-hydrogen) atoms. The number of benzene rings is 2. The molecule has 2 N–H and O–H groups in total. The molecule has 2 amide bonds. The summed E-state index contributed by atoms with van der Waals surface area (Å²) in [7, 11) is 1.57. The van der Waals surface area contributed by atoms with Crippen LogP contribution < -0.4 is 15.4 Å². The van der Waals surface area contributed by atoms with Crippen LogP contribution in [0.1, 0.15) is 63.7 Å². The molecular formula is C27H29N3O3. The number of fused-ring (bicyclic) bond motifs is 1. The maximum absolute atomic E-state index is 12.8. The minimum absolute atomic E-state index is 0.0373. The van der Waals surface area contributed by atoms with Gasteiger partial charge in [0.2, 0.25) is 0 Å². The second-order valence-corrected chi connectivity index (χ2v) is 8.68. The third kappa shape index (κ3) is 5.40. The molecule has 0 bridgehead atoms. The largest absolute Gasteiger partial charge is 0.457 e. The predicted molar refractivity (Wildman–Crippen MR) is 128 cm³/mol. The number of nitrogens with zero attached hydrogens (tertiary/aromatic N) is 1. The quantitative estimate of drug-likeness (QED) is 0.581. The Morgan fingerprint density at radius 1 is 0.970 bits per heavy atom. The third-order valence-corrected chi connectivity index (χ3v) is 6.01. The van der Waals surface area contributed by atoms with Crippen LogP contribution in [0.25, 0.3) is 0 Å². The molecule has 1 aliphatic carbocycles. The zero-order valence-corrected chi connectivity index (χ0v) is 19.2. The highest BCUT2D eigenvalue weighted by atomic mass is 16.5. The van der Waals surface area contributed by atoms with Crippen LogP contribution in [0.2, 0.25) is 0 Å². The minimum Gasteiger partial charge on any atom is -0.457 e. The summed E-state index contributed by atoms with van der Waals surface area (Å²) >= 11 is 0. The normalized spacial score (nSPS) is 15.0. The number of pyridine rings is 1. The van der Waals surface area contributed by atoms with E-state index in [9.17, 15) is 9.59 Å². The van der Waals surface area contributed by atoms with E-state index >= 15 is 0 Å². The molecule has 6 nitrogen and oxygen atoms in total. The van der Waals surface area contributed by atoms with Crippen LogP contribution in [0.15, 0.2) is 60.8 Å². The van der Waals surface area contributed by atoms with Crippen molar-refractivity contribution in [2.45, 2.75) is 45.1 Å². The molecule has 0 saturated carbocycles. The lowest BCUT2D eigenvalue weighted by Crippen LogP contribution is -2.38. The highest BCUT2D eigenvalue weighted by Crippen LogP contribution is 2.29. The van der Waals surface area contributed by atoms with Crippen molar-refractivity contribution in [3.05, 3.63) is 88.7 Å². The number of aryl methyl sites for hydroxylation is 1. The number of hydrogen-bond acceptors (Lipinski definition) is 4. The summed E-state index contributed by atoms with van der Waals surface area (Å²) < 4.78 is 5.99. The maximum Gasteiger partial charge on any atom is 0.269 e. The summed E-state index contributed by atoms with van der Waals surface area (Å²) in [5, 5.41) is 5.75. The molecule has 4 rings (SSSR count). The molecule has 2 aromatic carbocycles. The lowest BCUT2D eigenvalue weighted by molar-refractivity contribution is 0.0931. The van der Waals surface area contributed by atoms with Crippen LogP contribution in [0.3, 0.4) is 0 Å². The van der Waals surface area contributed by atoms with E-state index < -0.39 is 0 Å². The summed E-state index contributed by atoms with van der Waals surface area (Å²) in [6.45, 7) is 4.28. The lowest BCUT2D eigenvalue weighted by atomic mass is 9.88. The number of ether oxygens (including phenoxy) is 1. The van der Waals surface area contributed by atoms with E-state index in [1.54, 1.807) is 25.4 Å². The number of carbonyl (C=O) groups is 2. The highest BCUT2D eigenvalue weighted by molar-refractivity contribution is 5.94. The Hall–Kier alpha value is -3.67. The van der Waals surface area contributed by atoms with E-state index in [4.69, 9.17) is 4.74 Å². The van der Waals surface area contributed by atoms with Gasteiger partial charge in [0.1, 0.15) is 17.2 Å². The number of amides is 2. The first-order valence-corrected chi connectivity index (χ1v) is 11.3. The molecule has 0 fully saturated rings. The molecular weight excluding hydrogens is 414 g/mol. The summed E-state index contributed by atoms with van der Waals surface area (Å²) in [6, 6.07) is 17.3.